The van der Waals surface area contributed by atoms with E-state index in [0.717, 1.165) is 78.2 Å². The third-order valence-corrected chi connectivity index (χ3v) is 11.4. The molecule has 4 aromatic carbocycles. The number of rotatable bonds is 6. The summed E-state index contributed by atoms with van der Waals surface area (Å²) in [6.45, 7) is 4.23. The van der Waals surface area contributed by atoms with Crippen molar-refractivity contribution in [1.82, 2.24) is 14.5 Å². The number of aromatic nitrogens is 3. The van der Waals surface area contributed by atoms with Crippen LogP contribution in [-0.4, -0.2) is 14.5 Å². The molecular weight excluding hydrogens is 647 g/mol. The minimum absolute atomic E-state index is 0.218. The van der Waals surface area contributed by atoms with E-state index in [0.29, 0.717) is 0 Å². The van der Waals surface area contributed by atoms with Crippen molar-refractivity contribution in [2.45, 2.75) is 58.3 Å². The monoisotopic (exact) mass is 687 g/mol. The molecule has 3 aliphatic rings. The van der Waals surface area contributed by atoms with Crippen molar-refractivity contribution < 1.29 is 4.42 Å². The summed E-state index contributed by atoms with van der Waals surface area (Å²) >= 11 is 0. The second-order valence-electron chi connectivity index (χ2n) is 14.5. The van der Waals surface area contributed by atoms with Gasteiger partial charge in [-0.2, -0.15) is 0 Å². The fourth-order valence-electron chi connectivity index (χ4n) is 8.78. The Kier molecular flexibility index (Phi) is 7.71. The molecule has 0 saturated heterocycles. The van der Waals surface area contributed by atoms with Crippen LogP contribution in [0, 0.1) is 0 Å². The summed E-state index contributed by atoms with van der Waals surface area (Å²) in [7, 11) is 0. The second kappa shape index (κ2) is 12.9. The number of benzene rings is 4. The molecule has 0 radical (unpaired) electrons. The third-order valence-electron chi connectivity index (χ3n) is 11.4. The first kappa shape index (κ1) is 31.7. The number of allylic oxidation sites excluding steroid dienone is 12. The van der Waals surface area contributed by atoms with Crippen molar-refractivity contribution in [3.63, 3.8) is 0 Å². The number of fused-ring (bicyclic) bond motifs is 11. The lowest BCUT2D eigenvalue weighted by Crippen LogP contribution is -2.06. The Balaban J connectivity index is 1.22. The van der Waals surface area contributed by atoms with Gasteiger partial charge in [-0.3, -0.25) is 0 Å². The lowest BCUT2D eigenvalue weighted by molar-refractivity contribution is 0.548. The lowest BCUT2D eigenvalue weighted by atomic mass is 9.85. The minimum Gasteiger partial charge on any atom is -0.460 e. The summed E-state index contributed by atoms with van der Waals surface area (Å²) in [5, 5.41) is 6.15. The van der Waals surface area contributed by atoms with Gasteiger partial charge < -0.3 is 8.98 Å². The van der Waals surface area contributed by atoms with Gasteiger partial charge in [0.2, 0.25) is 0 Å². The Hall–Kier alpha value is -6.00. The number of hydrogen-bond donors (Lipinski definition) is 0. The Morgan fingerprint density at radius 3 is 2.62 bits per heavy atom. The molecule has 1 unspecified atom stereocenters. The molecule has 10 rings (SSSR count). The topological polar surface area (TPSA) is 43.9 Å². The Bertz CT molecular complexity index is 2810. The van der Waals surface area contributed by atoms with E-state index in [4.69, 9.17) is 14.4 Å². The minimum atomic E-state index is 0.218. The van der Waals surface area contributed by atoms with Crippen LogP contribution in [0.1, 0.15) is 68.3 Å². The standard InChI is InChI=1S/C49H41N3O/c1-3-5-14-31(4-2)49-50-40(33-16-8-6-9-17-33)30-41(51-49)35-23-25-38-43(29-35)52(36-18-10-7-11-19-36)42-27-26-39-47-44(53-48(39)46(38)42)28-24-34-22-21-32-15-12-13-20-37(32)45(34)47/h3,5-10,12-16,18,20-23,25-27,29-30,33H,4,11,17,19,24,28H2,1-2H3/b5-3-,31-14+. The molecule has 0 N–H and O–H groups in total. The van der Waals surface area contributed by atoms with E-state index in [1.54, 1.807) is 0 Å². The Labute approximate surface area is 309 Å². The van der Waals surface area contributed by atoms with Crippen molar-refractivity contribution in [3.05, 3.63) is 156 Å². The van der Waals surface area contributed by atoms with Crippen LogP contribution in [0.4, 0.5) is 0 Å². The largest absolute Gasteiger partial charge is 0.460 e. The summed E-state index contributed by atoms with van der Waals surface area (Å²) in [5.41, 5.74) is 12.9. The maximum absolute atomic E-state index is 7.01. The maximum Gasteiger partial charge on any atom is 0.155 e. The molecule has 0 aliphatic heterocycles. The Morgan fingerprint density at radius 1 is 0.849 bits per heavy atom. The van der Waals surface area contributed by atoms with Crippen LogP contribution in [0.5, 0.6) is 0 Å². The highest BCUT2D eigenvalue weighted by Gasteiger charge is 2.28. The lowest BCUT2D eigenvalue weighted by Gasteiger charge is -2.18. The quantitative estimate of drug-likeness (QED) is 0.163. The van der Waals surface area contributed by atoms with E-state index in [2.05, 4.69) is 145 Å². The molecular formula is C49H41N3O. The zero-order valence-corrected chi connectivity index (χ0v) is 30.3. The fourth-order valence-corrected chi connectivity index (χ4v) is 8.78. The molecule has 0 saturated carbocycles. The van der Waals surface area contributed by atoms with Gasteiger partial charge in [-0.1, -0.05) is 110 Å². The molecule has 0 bridgehead atoms. The van der Waals surface area contributed by atoms with Crippen molar-refractivity contribution in [2.24, 2.45) is 0 Å². The molecule has 3 heterocycles. The number of hydrogen-bond acceptors (Lipinski definition) is 3. The summed E-state index contributed by atoms with van der Waals surface area (Å²) in [6, 6.07) is 27.1. The van der Waals surface area contributed by atoms with Gasteiger partial charge in [0.15, 0.2) is 5.82 Å². The normalized spacial score (nSPS) is 17.1. The highest BCUT2D eigenvalue weighted by Crippen LogP contribution is 2.48. The van der Waals surface area contributed by atoms with Crippen LogP contribution in [0.2, 0.25) is 0 Å². The van der Waals surface area contributed by atoms with Gasteiger partial charge in [0, 0.05) is 39.9 Å². The van der Waals surface area contributed by atoms with E-state index in [-0.39, 0.29) is 5.92 Å². The number of nitrogens with zero attached hydrogens (tertiary/aromatic N) is 3. The molecule has 3 aliphatic carbocycles. The third kappa shape index (κ3) is 5.19. The molecule has 3 aromatic heterocycles. The van der Waals surface area contributed by atoms with Gasteiger partial charge in [-0.15, -0.1) is 0 Å². The average molecular weight is 688 g/mol. The molecule has 1 atom stereocenters. The molecule has 4 nitrogen and oxygen atoms in total. The first-order valence-corrected chi connectivity index (χ1v) is 19.1. The van der Waals surface area contributed by atoms with Gasteiger partial charge >= 0.3 is 0 Å². The zero-order chi connectivity index (χ0) is 35.5. The predicted octanol–water partition coefficient (Wildman–Crippen LogP) is 13.1. The predicted molar refractivity (Wildman–Crippen MR) is 222 cm³/mol. The van der Waals surface area contributed by atoms with Crippen molar-refractivity contribution in [3.8, 4) is 22.4 Å². The molecule has 0 fully saturated rings. The molecule has 7 aromatic rings. The van der Waals surface area contributed by atoms with Crippen molar-refractivity contribution in [2.75, 3.05) is 0 Å². The molecule has 0 amide bonds. The van der Waals surface area contributed by atoms with Crippen LogP contribution in [0.15, 0.2) is 138 Å². The highest BCUT2D eigenvalue weighted by atomic mass is 16.3. The van der Waals surface area contributed by atoms with Crippen LogP contribution < -0.4 is 0 Å². The van der Waals surface area contributed by atoms with Crippen molar-refractivity contribution >= 4 is 54.8 Å². The fraction of sp³-hybridized carbons (Fsp3) is 0.184. The van der Waals surface area contributed by atoms with E-state index in [1.807, 2.05) is 6.92 Å². The zero-order valence-electron chi connectivity index (χ0n) is 30.3. The molecule has 258 valence electrons. The average Bonchev–Trinajstić information content (AvgIpc) is 3.77. The van der Waals surface area contributed by atoms with Gasteiger partial charge in [-0.25, -0.2) is 9.97 Å². The van der Waals surface area contributed by atoms with E-state index >= 15 is 0 Å². The van der Waals surface area contributed by atoms with Crippen LogP contribution in [0.3, 0.4) is 0 Å². The highest BCUT2D eigenvalue weighted by molar-refractivity contribution is 6.23. The maximum atomic E-state index is 7.01. The Morgan fingerprint density at radius 2 is 1.77 bits per heavy atom. The second-order valence-corrected chi connectivity index (χ2v) is 14.5. The smallest absolute Gasteiger partial charge is 0.155 e. The van der Waals surface area contributed by atoms with E-state index in [1.165, 1.54) is 60.4 Å². The van der Waals surface area contributed by atoms with Crippen LogP contribution >= 0.6 is 0 Å². The summed E-state index contributed by atoms with van der Waals surface area (Å²) < 4.78 is 9.49. The summed E-state index contributed by atoms with van der Waals surface area (Å²) in [6.07, 6.45) is 27.5. The van der Waals surface area contributed by atoms with Gasteiger partial charge in [-0.05, 0) is 96.8 Å². The van der Waals surface area contributed by atoms with Gasteiger partial charge in [0.05, 0.1) is 27.8 Å². The van der Waals surface area contributed by atoms with E-state index in [9.17, 15) is 0 Å². The van der Waals surface area contributed by atoms with Crippen LogP contribution in [0.25, 0.3) is 77.2 Å². The van der Waals surface area contributed by atoms with Gasteiger partial charge in [0.1, 0.15) is 11.3 Å². The number of furan rings is 1. The first-order valence-electron chi connectivity index (χ1n) is 19.1. The first-order chi connectivity index (χ1) is 26.2. The summed E-state index contributed by atoms with van der Waals surface area (Å²) in [4.78, 5) is 10.4. The SMILES string of the molecule is C/C=C\C=C(/CC)c1nc(-c2ccc3c4c5oc6c(c5ccc4n(C4=CC=CCC4)c3c2)-c2c(ccc3ccccc23)CC6)cc(C2C=CC=CC2)n1. The molecule has 53 heavy (non-hydrogen) atoms. The summed E-state index contributed by atoms with van der Waals surface area (Å²) in [5.74, 6) is 2.12. The number of aryl methyl sites for hydroxylation is 2. The molecule has 0 spiro atoms. The molecule has 4 heteroatoms. The van der Waals surface area contributed by atoms with Crippen molar-refractivity contribution in [1.29, 1.82) is 0 Å². The van der Waals surface area contributed by atoms with E-state index < -0.39 is 0 Å². The van der Waals surface area contributed by atoms with Crippen LogP contribution in [-0.2, 0) is 12.8 Å². The van der Waals surface area contributed by atoms with Gasteiger partial charge in [0.25, 0.3) is 0 Å².